The number of rotatable bonds is 6. The van der Waals surface area contributed by atoms with Gasteiger partial charge in [0.2, 0.25) is 5.88 Å². The van der Waals surface area contributed by atoms with Crippen molar-refractivity contribution in [3.05, 3.63) is 48.3 Å². The maximum absolute atomic E-state index is 5.82. The summed E-state index contributed by atoms with van der Waals surface area (Å²) < 4.78 is 5.82. The molecule has 0 atom stereocenters. The van der Waals surface area contributed by atoms with Gasteiger partial charge in [-0.15, -0.1) is 0 Å². The van der Waals surface area contributed by atoms with Gasteiger partial charge in [0.15, 0.2) is 0 Å². The van der Waals surface area contributed by atoms with E-state index in [2.05, 4.69) is 22.2 Å². The summed E-state index contributed by atoms with van der Waals surface area (Å²) in [6.45, 7) is 4.95. The Morgan fingerprint density at radius 3 is 2.90 bits per heavy atom. The van der Waals surface area contributed by atoms with Crippen LogP contribution in [-0.2, 0) is 0 Å². The molecule has 0 unspecified atom stereocenters. The van der Waals surface area contributed by atoms with E-state index in [1.165, 1.54) is 0 Å². The van der Waals surface area contributed by atoms with Gasteiger partial charge in [0, 0.05) is 12.1 Å². The summed E-state index contributed by atoms with van der Waals surface area (Å²) in [7, 11) is 0. The fraction of sp³-hybridized carbons (Fsp3) is 0.250. The molecule has 0 amide bonds. The first-order chi connectivity index (χ1) is 9.83. The molecule has 2 aromatic rings. The Morgan fingerprint density at radius 1 is 1.25 bits per heavy atom. The lowest BCUT2D eigenvalue weighted by Gasteiger charge is -2.09. The maximum atomic E-state index is 5.82. The Kier molecular flexibility index (Phi) is 5.12. The Hall–Kier alpha value is -2.36. The number of anilines is 1. The number of nitrogens with one attached hydrogen (secondary N) is 1. The molecule has 1 aromatic carbocycles. The maximum Gasteiger partial charge on any atom is 0.239 e. The van der Waals surface area contributed by atoms with Crippen molar-refractivity contribution in [2.45, 2.75) is 20.3 Å². The van der Waals surface area contributed by atoms with E-state index in [4.69, 9.17) is 4.74 Å². The predicted octanol–water partition coefficient (Wildman–Crippen LogP) is 4.12. The molecule has 0 radical (unpaired) electrons. The molecule has 0 saturated heterocycles. The average molecular weight is 269 g/mol. The van der Waals surface area contributed by atoms with Crippen molar-refractivity contribution in [2.75, 3.05) is 11.9 Å². The van der Waals surface area contributed by atoms with Crippen LogP contribution < -0.4 is 10.1 Å². The molecule has 0 fully saturated rings. The van der Waals surface area contributed by atoms with Crippen LogP contribution in [0.25, 0.3) is 6.08 Å². The van der Waals surface area contributed by atoms with Crippen LogP contribution in [0.15, 0.2) is 42.7 Å². The third-order valence-electron chi connectivity index (χ3n) is 2.65. The molecule has 1 N–H and O–H groups in total. The molecule has 1 heterocycles. The topological polar surface area (TPSA) is 47.0 Å². The lowest BCUT2D eigenvalue weighted by molar-refractivity contribution is 0.460. The largest absolute Gasteiger partial charge is 0.437 e. The van der Waals surface area contributed by atoms with E-state index in [0.29, 0.717) is 5.88 Å². The molecule has 0 aliphatic rings. The van der Waals surface area contributed by atoms with Gasteiger partial charge in [-0.2, -0.15) is 4.98 Å². The standard InChI is InChI=1S/C16H19N3O/c1-3-7-13-8-5-6-9-14(13)20-16-12-17-11-15(19-16)18-10-4-2/h3,5-9,11-12H,4,10H2,1-2H3,(H,18,19)/b7-3+. The number of hydrogen-bond donors (Lipinski definition) is 1. The number of aromatic nitrogens is 2. The summed E-state index contributed by atoms with van der Waals surface area (Å²) in [4.78, 5) is 8.53. The van der Waals surface area contributed by atoms with Crippen LogP contribution in [0.3, 0.4) is 0 Å². The van der Waals surface area contributed by atoms with Crippen molar-refractivity contribution < 1.29 is 4.74 Å². The second-order valence-electron chi connectivity index (χ2n) is 4.31. The molecule has 1 aromatic heterocycles. The fourth-order valence-electron chi connectivity index (χ4n) is 1.74. The van der Waals surface area contributed by atoms with Gasteiger partial charge in [-0.1, -0.05) is 37.3 Å². The van der Waals surface area contributed by atoms with E-state index in [-0.39, 0.29) is 0 Å². The van der Waals surface area contributed by atoms with E-state index in [1.54, 1.807) is 12.4 Å². The quantitative estimate of drug-likeness (QED) is 0.856. The minimum Gasteiger partial charge on any atom is -0.437 e. The van der Waals surface area contributed by atoms with Crippen LogP contribution in [0.5, 0.6) is 11.6 Å². The zero-order valence-corrected chi connectivity index (χ0v) is 11.8. The van der Waals surface area contributed by atoms with Gasteiger partial charge < -0.3 is 10.1 Å². The highest BCUT2D eigenvalue weighted by atomic mass is 16.5. The molecule has 20 heavy (non-hydrogen) atoms. The van der Waals surface area contributed by atoms with Gasteiger partial charge in [-0.3, -0.25) is 4.98 Å². The number of para-hydroxylation sites is 1. The van der Waals surface area contributed by atoms with Crippen molar-refractivity contribution in [2.24, 2.45) is 0 Å². The summed E-state index contributed by atoms with van der Waals surface area (Å²) in [6, 6.07) is 7.84. The van der Waals surface area contributed by atoms with Gasteiger partial charge >= 0.3 is 0 Å². The highest BCUT2D eigenvalue weighted by molar-refractivity contribution is 5.57. The second kappa shape index (κ2) is 7.28. The highest BCUT2D eigenvalue weighted by Gasteiger charge is 2.04. The van der Waals surface area contributed by atoms with Crippen LogP contribution in [0.1, 0.15) is 25.8 Å². The first-order valence-electron chi connectivity index (χ1n) is 6.79. The summed E-state index contributed by atoms with van der Waals surface area (Å²) in [5.74, 6) is 1.99. The lowest BCUT2D eigenvalue weighted by Crippen LogP contribution is -2.03. The minimum absolute atomic E-state index is 0.489. The van der Waals surface area contributed by atoms with Crippen molar-refractivity contribution >= 4 is 11.9 Å². The van der Waals surface area contributed by atoms with Crippen molar-refractivity contribution in [1.82, 2.24) is 9.97 Å². The number of hydrogen-bond acceptors (Lipinski definition) is 4. The molecule has 4 heteroatoms. The highest BCUT2D eigenvalue weighted by Crippen LogP contribution is 2.25. The van der Waals surface area contributed by atoms with Crippen LogP contribution in [-0.4, -0.2) is 16.5 Å². The molecular formula is C16H19N3O. The number of nitrogens with zero attached hydrogens (tertiary/aromatic N) is 2. The summed E-state index contributed by atoms with van der Waals surface area (Å²) in [6.07, 6.45) is 8.33. The van der Waals surface area contributed by atoms with Crippen LogP contribution in [0.2, 0.25) is 0 Å². The SMILES string of the molecule is C/C=C/c1ccccc1Oc1cncc(NCCC)n1. The zero-order chi connectivity index (χ0) is 14.2. The summed E-state index contributed by atoms with van der Waals surface area (Å²) in [5, 5.41) is 3.19. The minimum atomic E-state index is 0.489. The Balaban J connectivity index is 2.17. The molecule has 0 bridgehead atoms. The number of ether oxygens (including phenoxy) is 1. The molecule has 2 rings (SSSR count). The molecule has 0 spiro atoms. The molecule has 104 valence electrons. The number of allylic oxidation sites excluding steroid dienone is 1. The van der Waals surface area contributed by atoms with Gasteiger partial charge in [0.25, 0.3) is 0 Å². The van der Waals surface area contributed by atoms with Crippen LogP contribution in [0.4, 0.5) is 5.82 Å². The molecule has 0 saturated carbocycles. The summed E-state index contributed by atoms with van der Waals surface area (Å²) in [5.41, 5.74) is 1.02. The lowest BCUT2D eigenvalue weighted by atomic mass is 10.2. The number of benzene rings is 1. The first-order valence-corrected chi connectivity index (χ1v) is 6.79. The van der Waals surface area contributed by atoms with E-state index in [0.717, 1.165) is 30.1 Å². The van der Waals surface area contributed by atoms with Gasteiger partial charge in [-0.25, -0.2) is 0 Å². The molecule has 0 aliphatic carbocycles. The van der Waals surface area contributed by atoms with Crippen LogP contribution >= 0.6 is 0 Å². The van der Waals surface area contributed by atoms with Gasteiger partial charge in [0.1, 0.15) is 11.6 Å². The molecular weight excluding hydrogens is 250 g/mol. The fourth-order valence-corrected chi connectivity index (χ4v) is 1.74. The Bertz CT molecular complexity index is 581. The van der Waals surface area contributed by atoms with Gasteiger partial charge in [0.05, 0.1) is 12.4 Å². The second-order valence-corrected chi connectivity index (χ2v) is 4.31. The van der Waals surface area contributed by atoms with Crippen LogP contribution in [0, 0.1) is 0 Å². The monoisotopic (exact) mass is 269 g/mol. The Morgan fingerprint density at radius 2 is 2.10 bits per heavy atom. The van der Waals surface area contributed by atoms with E-state index < -0.39 is 0 Å². The summed E-state index contributed by atoms with van der Waals surface area (Å²) >= 11 is 0. The van der Waals surface area contributed by atoms with E-state index >= 15 is 0 Å². The van der Waals surface area contributed by atoms with Crippen molar-refractivity contribution in [3.63, 3.8) is 0 Å². The Labute approximate surface area is 119 Å². The predicted molar refractivity (Wildman–Crippen MR) is 82.0 cm³/mol. The average Bonchev–Trinajstić information content (AvgIpc) is 2.48. The van der Waals surface area contributed by atoms with Crippen molar-refractivity contribution in [3.8, 4) is 11.6 Å². The smallest absolute Gasteiger partial charge is 0.239 e. The normalized spacial score (nSPS) is 10.7. The molecule has 4 nitrogen and oxygen atoms in total. The first kappa shape index (κ1) is 14.1. The zero-order valence-electron chi connectivity index (χ0n) is 11.8. The molecule has 0 aliphatic heterocycles. The van der Waals surface area contributed by atoms with E-state index in [1.807, 2.05) is 43.3 Å². The third kappa shape index (κ3) is 3.82. The third-order valence-corrected chi connectivity index (χ3v) is 2.65. The van der Waals surface area contributed by atoms with Crippen molar-refractivity contribution in [1.29, 1.82) is 0 Å². The van der Waals surface area contributed by atoms with E-state index in [9.17, 15) is 0 Å². The van der Waals surface area contributed by atoms with Gasteiger partial charge in [-0.05, 0) is 19.4 Å².